The molecule has 0 aliphatic rings. The van der Waals surface area contributed by atoms with Crippen LogP contribution in [-0.4, -0.2) is 27.3 Å². The van der Waals surface area contributed by atoms with Gasteiger partial charge in [0.25, 0.3) is 0 Å². The van der Waals surface area contributed by atoms with E-state index >= 15 is 0 Å². The first kappa shape index (κ1) is 18.6. The Morgan fingerprint density at radius 2 is 1.40 bits per heavy atom. The van der Waals surface area contributed by atoms with Crippen LogP contribution in [0.2, 0.25) is 0 Å². The molecule has 0 radical (unpaired) electrons. The van der Waals surface area contributed by atoms with E-state index in [1.165, 1.54) is 7.11 Å². The quantitative estimate of drug-likeness (QED) is 0.589. The summed E-state index contributed by atoms with van der Waals surface area (Å²) in [6, 6.07) is 7.46. The van der Waals surface area contributed by atoms with Crippen molar-refractivity contribution in [3.8, 4) is 23.0 Å². The molecule has 0 N–H and O–H groups in total. The second-order valence-corrected chi connectivity index (χ2v) is 5.84. The summed E-state index contributed by atoms with van der Waals surface area (Å²) in [6.45, 7) is 5.87. The number of methoxy groups -OCH3 is 3. The Labute approximate surface area is 148 Å². The van der Waals surface area contributed by atoms with Gasteiger partial charge in [0.05, 0.1) is 27.8 Å². The lowest BCUT2D eigenvalue weighted by atomic mass is 10.1. The van der Waals surface area contributed by atoms with E-state index in [9.17, 15) is 4.79 Å². The molecule has 0 aliphatic carbocycles. The zero-order chi connectivity index (χ0) is 18.6. The van der Waals surface area contributed by atoms with E-state index in [-0.39, 0.29) is 12.4 Å². The summed E-state index contributed by atoms with van der Waals surface area (Å²) in [6.07, 6.45) is 0.101. The van der Waals surface area contributed by atoms with Gasteiger partial charge in [-0.05, 0) is 55.2 Å². The molecule has 0 spiro atoms. The average Bonchev–Trinajstić information content (AvgIpc) is 2.61. The number of carbonyl (C=O) groups is 1. The van der Waals surface area contributed by atoms with Crippen molar-refractivity contribution in [3.05, 3.63) is 46.5 Å². The van der Waals surface area contributed by atoms with Crippen LogP contribution in [0.5, 0.6) is 23.0 Å². The smallest absolute Gasteiger partial charge is 0.315 e. The van der Waals surface area contributed by atoms with Crippen molar-refractivity contribution in [2.75, 3.05) is 21.3 Å². The molecule has 0 saturated carbocycles. The first-order valence-corrected chi connectivity index (χ1v) is 7.97. The van der Waals surface area contributed by atoms with Crippen LogP contribution in [0.25, 0.3) is 0 Å². The number of aryl methyl sites for hydroxylation is 2. The highest BCUT2D eigenvalue weighted by Gasteiger charge is 2.17. The Balaban J connectivity index is 2.25. The molecule has 0 amide bonds. The molecule has 0 unspecified atom stereocenters. The van der Waals surface area contributed by atoms with Gasteiger partial charge in [-0.3, -0.25) is 4.79 Å². The van der Waals surface area contributed by atoms with Crippen molar-refractivity contribution in [2.45, 2.75) is 27.2 Å². The van der Waals surface area contributed by atoms with E-state index in [1.807, 2.05) is 32.9 Å². The Kier molecular flexibility index (Phi) is 5.91. The van der Waals surface area contributed by atoms with Crippen molar-refractivity contribution < 1.29 is 23.7 Å². The number of benzene rings is 2. The van der Waals surface area contributed by atoms with Crippen LogP contribution in [0, 0.1) is 20.8 Å². The van der Waals surface area contributed by atoms with Crippen LogP contribution in [0.3, 0.4) is 0 Å². The maximum atomic E-state index is 12.4. The number of ether oxygens (including phenoxy) is 4. The molecule has 0 heterocycles. The van der Waals surface area contributed by atoms with E-state index in [4.69, 9.17) is 18.9 Å². The minimum absolute atomic E-state index is 0.101. The third-order valence-corrected chi connectivity index (χ3v) is 4.16. The maximum absolute atomic E-state index is 12.4. The average molecular weight is 344 g/mol. The first-order chi connectivity index (χ1) is 11.9. The predicted molar refractivity (Wildman–Crippen MR) is 96.1 cm³/mol. The highest BCUT2D eigenvalue weighted by molar-refractivity contribution is 5.77. The van der Waals surface area contributed by atoms with Crippen LogP contribution in [-0.2, 0) is 11.2 Å². The van der Waals surface area contributed by atoms with Gasteiger partial charge in [-0.1, -0.05) is 12.1 Å². The molecule has 0 saturated heterocycles. The molecule has 2 aromatic carbocycles. The summed E-state index contributed by atoms with van der Waals surface area (Å²) < 4.78 is 21.5. The lowest BCUT2D eigenvalue weighted by Crippen LogP contribution is -2.13. The van der Waals surface area contributed by atoms with E-state index in [2.05, 4.69) is 0 Å². The summed E-state index contributed by atoms with van der Waals surface area (Å²) in [5, 5.41) is 0. The topological polar surface area (TPSA) is 54.0 Å². The second-order valence-electron chi connectivity index (χ2n) is 5.84. The van der Waals surface area contributed by atoms with Crippen LogP contribution >= 0.6 is 0 Å². The number of rotatable bonds is 6. The Hall–Kier alpha value is -2.69. The van der Waals surface area contributed by atoms with Gasteiger partial charge in [0, 0.05) is 0 Å². The molecule has 0 bridgehead atoms. The SMILES string of the molecule is COc1cc(CC(=O)Oc2c(C)ccc(C)c2C)cc(OC)c1OC. The standard InChI is InChI=1S/C20H24O5/c1-12-7-8-13(2)19(14(12)3)25-18(21)11-15-9-16(22-4)20(24-6)17(10-15)23-5/h7-10H,11H2,1-6H3. The molecular weight excluding hydrogens is 320 g/mol. The number of hydrogen-bond donors (Lipinski definition) is 0. The fourth-order valence-electron chi connectivity index (χ4n) is 2.64. The summed E-state index contributed by atoms with van der Waals surface area (Å²) in [7, 11) is 4.62. The molecule has 0 aromatic heterocycles. The second kappa shape index (κ2) is 7.92. The van der Waals surface area contributed by atoms with Crippen molar-refractivity contribution in [1.82, 2.24) is 0 Å². The highest BCUT2D eigenvalue weighted by Crippen LogP contribution is 2.38. The van der Waals surface area contributed by atoms with Crippen LogP contribution < -0.4 is 18.9 Å². The lowest BCUT2D eigenvalue weighted by molar-refractivity contribution is -0.133. The molecule has 5 nitrogen and oxygen atoms in total. The maximum Gasteiger partial charge on any atom is 0.315 e. The van der Waals surface area contributed by atoms with E-state index in [1.54, 1.807) is 26.4 Å². The van der Waals surface area contributed by atoms with Gasteiger partial charge in [-0.25, -0.2) is 0 Å². The van der Waals surface area contributed by atoms with E-state index in [0.29, 0.717) is 23.0 Å². The normalized spacial score (nSPS) is 10.3. The van der Waals surface area contributed by atoms with Gasteiger partial charge in [-0.2, -0.15) is 0 Å². The first-order valence-electron chi connectivity index (χ1n) is 7.97. The van der Waals surface area contributed by atoms with Gasteiger partial charge in [-0.15, -0.1) is 0 Å². The molecule has 25 heavy (non-hydrogen) atoms. The highest BCUT2D eigenvalue weighted by atomic mass is 16.5. The number of esters is 1. The molecular formula is C20H24O5. The zero-order valence-corrected chi connectivity index (χ0v) is 15.6. The van der Waals surface area contributed by atoms with E-state index in [0.717, 1.165) is 22.3 Å². The molecule has 2 aromatic rings. The fourth-order valence-corrected chi connectivity index (χ4v) is 2.64. The van der Waals surface area contributed by atoms with Gasteiger partial charge >= 0.3 is 5.97 Å². The predicted octanol–water partition coefficient (Wildman–Crippen LogP) is 3.79. The fraction of sp³-hybridized carbons (Fsp3) is 0.350. The largest absolute Gasteiger partial charge is 0.493 e. The van der Waals surface area contributed by atoms with Gasteiger partial charge in [0.1, 0.15) is 5.75 Å². The molecule has 0 fully saturated rings. The number of carbonyl (C=O) groups excluding carboxylic acids is 1. The molecule has 2 rings (SSSR count). The van der Waals surface area contributed by atoms with Gasteiger partial charge < -0.3 is 18.9 Å². The summed E-state index contributed by atoms with van der Waals surface area (Å²) >= 11 is 0. The van der Waals surface area contributed by atoms with Crippen LogP contribution in [0.15, 0.2) is 24.3 Å². The van der Waals surface area contributed by atoms with Gasteiger partial charge in [0.15, 0.2) is 11.5 Å². The van der Waals surface area contributed by atoms with Crippen molar-refractivity contribution in [1.29, 1.82) is 0 Å². The van der Waals surface area contributed by atoms with Crippen LogP contribution in [0.1, 0.15) is 22.3 Å². The van der Waals surface area contributed by atoms with E-state index < -0.39 is 0 Å². The summed E-state index contributed by atoms with van der Waals surface area (Å²) in [4.78, 5) is 12.4. The number of hydrogen-bond acceptors (Lipinski definition) is 5. The molecule has 134 valence electrons. The monoisotopic (exact) mass is 344 g/mol. The summed E-state index contributed by atoms with van der Waals surface area (Å²) in [5.74, 6) is 1.79. The van der Waals surface area contributed by atoms with Crippen LogP contribution in [0.4, 0.5) is 0 Å². The van der Waals surface area contributed by atoms with Crippen molar-refractivity contribution in [2.24, 2.45) is 0 Å². The Morgan fingerprint density at radius 3 is 1.92 bits per heavy atom. The summed E-state index contributed by atoms with van der Waals surface area (Å²) in [5.41, 5.74) is 3.71. The minimum atomic E-state index is -0.342. The van der Waals surface area contributed by atoms with Crippen molar-refractivity contribution in [3.63, 3.8) is 0 Å². The minimum Gasteiger partial charge on any atom is -0.493 e. The van der Waals surface area contributed by atoms with Crippen molar-refractivity contribution >= 4 is 5.97 Å². The third kappa shape index (κ3) is 4.05. The zero-order valence-electron chi connectivity index (χ0n) is 15.6. The Bertz CT molecular complexity index is 755. The molecule has 5 heteroatoms. The Morgan fingerprint density at radius 1 is 0.840 bits per heavy atom. The van der Waals surface area contributed by atoms with Gasteiger partial charge in [0.2, 0.25) is 5.75 Å². The third-order valence-electron chi connectivity index (χ3n) is 4.16. The molecule has 0 aliphatic heterocycles. The molecule has 0 atom stereocenters. The lowest BCUT2D eigenvalue weighted by Gasteiger charge is -2.15.